The third kappa shape index (κ3) is 5.06. The van der Waals surface area contributed by atoms with E-state index in [2.05, 4.69) is 30.2 Å². The van der Waals surface area contributed by atoms with Crippen LogP contribution in [0.3, 0.4) is 0 Å². The fraction of sp³-hybridized carbons (Fsp3) is 0.250. The molecule has 0 spiro atoms. The number of alkyl halides is 1. The molecule has 1 saturated heterocycles. The Morgan fingerprint density at radius 2 is 2.00 bits per heavy atom. The number of fused-ring (bicyclic) bond motifs is 1. The molecule has 10 nitrogen and oxygen atoms in total. The summed E-state index contributed by atoms with van der Waals surface area (Å²) in [6, 6.07) is 12.2. The summed E-state index contributed by atoms with van der Waals surface area (Å²) in [5.41, 5.74) is 1.87. The predicted octanol–water partition coefficient (Wildman–Crippen LogP) is 3.73. The number of ether oxygens (including phenoxy) is 1. The lowest BCUT2D eigenvalue weighted by Crippen LogP contribution is -2.44. The summed E-state index contributed by atoms with van der Waals surface area (Å²) < 4.78 is 48.6. The lowest BCUT2D eigenvalue weighted by atomic mass is 10.1. The van der Waals surface area contributed by atoms with Gasteiger partial charge in [-0.3, -0.25) is 9.82 Å². The highest BCUT2D eigenvalue weighted by Crippen LogP contribution is 2.31. The van der Waals surface area contributed by atoms with E-state index in [1.54, 1.807) is 19.1 Å². The third-order valence-electron chi connectivity index (χ3n) is 5.92. The van der Waals surface area contributed by atoms with Gasteiger partial charge in [0.15, 0.2) is 11.5 Å². The van der Waals surface area contributed by atoms with Crippen molar-refractivity contribution in [2.75, 3.05) is 17.8 Å². The molecule has 2 aromatic carbocycles. The van der Waals surface area contributed by atoms with Crippen molar-refractivity contribution in [2.24, 2.45) is 0 Å². The molecular formula is C24H21ClFN7O3S. The van der Waals surface area contributed by atoms with Crippen LogP contribution in [0.4, 0.5) is 10.1 Å². The van der Waals surface area contributed by atoms with Crippen molar-refractivity contribution in [2.45, 2.75) is 30.5 Å². The van der Waals surface area contributed by atoms with E-state index in [1.165, 1.54) is 30.3 Å². The van der Waals surface area contributed by atoms with Crippen LogP contribution in [0, 0.1) is 18.3 Å². The van der Waals surface area contributed by atoms with Gasteiger partial charge in [-0.15, -0.1) is 0 Å². The lowest BCUT2D eigenvalue weighted by Gasteiger charge is -2.27. The minimum absolute atomic E-state index is 0.0266. The van der Waals surface area contributed by atoms with E-state index in [9.17, 15) is 18.1 Å². The highest BCUT2D eigenvalue weighted by atomic mass is 35.5. The van der Waals surface area contributed by atoms with Gasteiger partial charge in [0.05, 0.1) is 5.56 Å². The van der Waals surface area contributed by atoms with E-state index in [0.29, 0.717) is 35.3 Å². The Morgan fingerprint density at radius 1 is 1.22 bits per heavy atom. The molecule has 1 fully saturated rings. The van der Waals surface area contributed by atoms with E-state index in [1.807, 2.05) is 6.07 Å². The van der Waals surface area contributed by atoms with Gasteiger partial charge in [-0.2, -0.15) is 15.3 Å². The Hall–Kier alpha value is -3.79. The first kappa shape index (κ1) is 24.9. The molecule has 0 aliphatic carbocycles. The lowest BCUT2D eigenvalue weighted by molar-refractivity contribution is 0.0707. The average molecular weight is 542 g/mol. The summed E-state index contributed by atoms with van der Waals surface area (Å²) in [5.74, 6) is 0.518. The number of hydrogen-bond acceptors (Lipinski definition) is 8. The van der Waals surface area contributed by atoms with Crippen molar-refractivity contribution in [3.8, 4) is 23.3 Å². The van der Waals surface area contributed by atoms with E-state index in [4.69, 9.17) is 16.3 Å². The molecule has 3 heterocycles. The van der Waals surface area contributed by atoms with Crippen LogP contribution in [-0.2, 0) is 10.0 Å². The van der Waals surface area contributed by atoms with E-state index >= 15 is 0 Å². The van der Waals surface area contributed by atoms with Crippen LogP contribution < -0.4 is 14.8 Å². The van der Waals surface area contributed by atoms with E-state index in [0.717, 1.165) is 0 Å². The summed E-state index contributed by atoms with van der Waals surface area (Å²) in [6.45, 7) is 2.65. The van der Waals surface area contributed by atoms with Gasteiger partial charge in [0.1, 0.15) is 28.6 Å². The number of sulfonamides is 1. The standard InChI is InChI=1S/C24H21ClFN7O3S/c1-13-21-23(32-31-13)29-22(30-24(21)36-19-8-9-28-12-18(19)26)14-3-6-17(7-4-14)33-37(34,35)20-10-16(25)5-2-15(20)11-27/h2-7,10,18-19,28,33H,8-9,12H2,1H3,(H,29,30,31,32). The molecule has 0 amide bonds. The number of aromatic nitrogens is 4. The number of anilines is 1. The van der Waals surface area contributed by atoms with Gasteiger partial charge in [-0.25, -0.2) is 17.8 Å². The molecule has 2 unspecified atom stereocenters. The molecule has 0 bridgehead atoms. The normalized spacial score (nSPS) is 17.9. The minimum Gasteiger partial charge on any atom is -0.471 e. The Morgan fingerprint density at radius 3 is 2.73 bits per heavy atom. The maximum atomic E-state index is 14.4. The van der Waals surface area contributed by atoms with Crippen LogP contribution in [0.25, 0.3) is 22.4 Å². The van der Waals surface area contributed by atoms with Crippen molar-refractivity contribution < 1.29 is 17.5 Å². The van der Waals surface area contributed by atoms with Gasteiger partial charge in [-0.1, -0.05) is 11.6 Å². The number of aromatic amines is 1. The summed E-state index contributed by atoms with van der Waals surface area (Å²) >= 11 is 5.94. The van der Waals surface area contributed by atoms with Crippen LogP contribution in [0.1, 0.15) is 17.7 Å². The minimum atomic E-state index is -4.07. The number of piperidine rings is 1. The fourth-order valence-electron chi connectivity index (χ4n) is 4.03. The largest absolute Gasteiger partial charge is 0.471 e. The van der Waals surface area contributed by atoms with Crippen molar-refractivity contribution >= 4 is 38.3 Å². The predicted molar refractivity (Wildman–Crippen MR) is 136 cm³/mol. The van der Waals surface area contributed by atoms with Gasteiger partial charge in [-0.05, 0) is 62.4 Å². The second-order valence-electron chi connectivity index (χ2n) is 8.50. The van der Waals surface area contributed by atoms with Crippen LogP contribution in [0.5, 0.6) is 5.88 Å². The van der Waals surface area contributed by atoms with Crippen LogP contribution in [-0.4, -0.2) is 53.9 Å². The Kier molecular flexibility index (Phi) is 6.68. The van der Waals surface area contributed by atoms with Crippen LogP contribution in [0.15, 0.2) is 47.4 Å². The van der Waals surface area contributed by atoms with Gasteiger partial charge < -0.3 is 10.1 Å². The maximum Gasteiger partial charge on any atom is 0.263 e. The molecule has 4 aromatic rings. The van der Waals surface area contributed by atoms with Crippen molar-refractivity contribution in [3.05, 3.63) is 58.7 Å². The molecule has 190 valence electrons. The first-order chi connectivity index (χ1) is 17.7. The molecule has 2 aromatic heterocycles. The zero-order chi connectivity index (χ0) is 26.2. The highest BCUT2D eigenvalue weighted by Gasteiger charge is 2.28. The number of H-pyrrole nitrogens is 1. The summed E-state index contributed by atoms with van der Waals surface area (Å²) in [7, 11) is -4.07. The quantitative estimate of drug-likeness (QED) is 0.335. The average Bonchev–Trinajstić information content (AvgIpc) is 3.26. The number of nitriles is 1. The molecule has 13 heteroatoms. The zero-order valence-electron chi connectivity index (χ0n) is 19.5. The number of hydrogen-bond donors (Lipinski definition) is 3. The SMILES string of the molecule is Cc1[nH]nc2nc(-c3ccc(NS(=O)(=O)c4cc(Cl)ccc4C#N)cc3)nc(OC3CCNCC3F)c12. The molecule has 37 heavy (non-hydrogen) atoms. The summed E-state index contributed by atoms with van der Waals surface area (Å²) in [6.07, 6.45) is -1.33. The molecule has 0 saturated carbocycles. The fourth-order valence-corrected chi connectivity index (χ4v) is 5.50. The van der Waals surface area contributed by atoms with Gasteiger partial charge in [0.25, 0.3) is 10.0 Å². The van der Waals surface area contributed by atoms with Crippen LogP contribution >= 0.6 is 11.6 Å². The third-order valence-corrected chi connectivity index (χ3v) is 7.58. The Labute approximate surface area is 216 Å². The first-order valence-electron chi connectivity index (χ1n) is 11.3. The maximum absolute atomic E-state index is 14.4. The molecule has 1 aliphatic heterocycles. The molecule has 5 rings (SSSR count). The number of rotatable bonds is 6. The van der Waals surface area contributed by atoms with Crippen molar-refractivity contribution in [1.29, 1.82) is 5.26 Å². The Bertz CT molecular complexity index is 1620. The van der Waals surface area contributed by atoms with E-state index in [-0.39, 0.29) is 39.4 Å². The van der Waals surface area contributed by atoms with Crippen molar-refractivity contribution in [1.82, 2.24) is 25.5 Å². The number of aryl methyl sites for hydroxylation is 1. The van der Waals surface area contributed by atoms with Gasteiger partial charge >= 0.3 is 0 Å². The molecule has 2 atom stereocenters. The zero-order valence-corrected chi connectivity index (χ0v) is 21.1. The smallest absolute Gasteiger partial charge is 0.263 e. The monoisotopic (exact) mass is 541 g/mol. The second-order valence-corrected chi connectivity index (χ2v) is 10.6. The highest BCUT2D eigenvalue weighted by molar-refractivity contribution is 7.92. The van der Waals surface area contributed by atoms with Crippen molar-refractivity contribution in [3.63, 3.8) is 0 Å². The Balaban J connectivity index is 1.44. The number of benzene rings is 2. The second kappa shape index (κ2) is 9.93. The molecule has 1 aliphatic rings. The molecule has 3 N–H and O–H groups in total. The topological polar surface area (TPSA) is 146 Å². The first-order valence-corrected chi connectivity index (χ1v) is 13.2. The number of halogens is 2. The van der Waals surface area contributed by atoms with Gasteiger partial charge in [0, 0.05) is 28.5 Å². The molecule has 0 radical (unpaired) electrons. The molecular weight excluding hydrogens is 521 g/mol. The number of nitrogens with one attached hydrogen (secondary N) is 3. The summed E-state index contributed by atoms with van der Waals surface area (Å²) in [4.78, 5) is 8.82. The van der Waals surface area contributed by atoms with E-state index < -0.39 is 22.3 Å². The summed E-state index contributed by atoms with van der Waals surface area (Å²) in [5, 5.41) is 20.1. The van der Waals surface area contributed by atoms with Crippen LogP contribution in [0.2, 0.25) is 5.02 Å². The number of nitrogens with zero attached hydrogens (tertiary/aromatic N) is 4. The van der Waals surface area contributed by atoms with Gasteiger partial charge in [0.2, 0.25) is 5.88 Å².